The van der Waals surface area contributed by atoms with Crippen LogP contribution in [0, 0.1) is 11.3 Å². The number of piperidine rings is 1. The van der Waals surface area contributed by atoms with Crippen LogP contribution in [0.3, 0.4) is 0 Å². The zero-order valence-corrected chi connectivity index (χ0v) is 12.7. The van der Waals surface area contributed by atoms with Gasteiger partial charge in [-0.15, -0.1) is 0 Å². The smallest absolute Gasteiger partial charge is 0.0105 e. The van der Waals surface area contributed by atoms with Crippen LogP contribution in [0.2, 0.25) is 0 Å². The summed E-state index contributed by atoms with van der Waals surface area (Å²) in [5.41, 5.74) is 6.05. The Labute approximate surface area is 113 Å². The van der Waals surface area contributed by atoms with E-state index in [1.807, 2.05) is 0 Å². The first-order valence-corrected chi connectivity index (χ1v) is 7.70. The lowest BCUT2D eigenvalue weighted by molar-refractivity contribution is 0.182. The second-order valence-electron chi connectivity index (χ2n) is 6.62. The van der Waals surface area contributed by atoms with Gasteiger partial charge in [0.25, 0.3) is 0 Å². The van der Waals surface area contributed by atoms with Crippen molar-refractivity contribution in [2.45, 2.75) is 46.5 Å². The molecule has 18 heavy (non-hydrogen) atoms. The van der Waals surface area contributed by atoms with Crippen molar-refractivity contribution in [1.82, 2.24) is 10.2 Å². The molecule has 3 nitrogen and oxygen atoms in total. The SMILES string of the molecule is CCCC(C)(C)CNCC1CCN(CCN)CC1. The summed E-state index contributed by atoms with van der Waals surface area (Å²) in [6, 6.07) is 0. The third-order valence-electron chi connectivity index (χ3n) is 4.12. The van der Waals surface area contributed by atoms with Crippen LogP contribution in [-0.2, 0) is 0 Å². The van der Waals surface area contributed by atoms with E-state index < -0.39 is 0 Å². The first kappa shape index (κ1) is 15.9. The van der Waals surface area contributed by atoms with Gasteiger partial charge in [0.05, 0.1) is 0 Å². The fourth-order valence-corrected chi connectivity index (χ4v) is 2.98. The molecule has 1 heterocycles. The summed E-state index contributed by atoms with van der Waals surface area (Å²) < 4.78 is 0. The Balaban J connectivity index is 2.11. The highest BCUT2D eigenvalue weighted by Gasteiger charge is 2.20. The second kappa shape index (κ2) is 8.13. The highest BCUT2D eigenvalue weighted by molar-refractivity contribution is 4.76. The average Bonchev–Trinajstić information content (AvgIpc) is 2.31. The van der Waals surface area contributed by atoms with E-state index in [0.29, 0.717) is 5.41 Å². The number of hydrogen-bond acceptors (Lipinski definition) is 3. The lowest BCUT2D eigenvalue weighted by atomic mass is 9.87. The van der Waals surface area contributed by atoms with Crippen molar-refractivity contribution in [2.24, 2.45) is 17.1 Å². The van der Waals surface area contributed by atoms with E-state index in [2.05, 4.69) is 31.0 Å². The van der Waals surface area contributed by atoms with Gasteiger partial charge in [-0.25, -0.2) is 0 Å². The van der Waals surface area contributed by atoms with Crippen LogP contribution in [0.15, 0.2) is 0 Å². The van der Waals surface area contributed by atoms with Gasteiger partial charge in [0.15, 0.2) is 0 Å². The van der Waals surface area contributed by atoms with Crippen molar-refractivity contribution in [3.05, 3.63) is 0 Å². The van der Waals surface area contributed by atoms with E-state index in [-0.39, 0.29) is 0 Å². The Morgan fingerprint density at radius 1 is 1.28 bits per heavy atom. The average molecular weight is 255 g/mol. The molecule has 3 heteroatoms. The van der Waals surface area contributed by atoms with Gasteiger partial charge in [0.1, 0.15) is 0 Å². The number of nitrogens with two attached hydrogens (primary N) is 1. The van der Waals surface area contributed by atoms with Crippen molar-refractivity contribution in [3.8, 4) is 0 Å². The lowest BCUT2D eigenvalue weighted by Gasteiger charge is -2.32. The molecule has 1 saturated heterocycles. The molecule has 0 aromatic heterocycles. The normalized spacial score (nSPS) is 19.3. The van der Waals surface area contributed by atoms with Crippen molar-refractivity contribution in [2.75, 3.05) is 39.3 Å². The quantitative estimate of drug-likeness (QED) is 0.698. The van der Waals surface area contributed by atoms with Gasteiger partial charge >= 0.3 is 0 Å². The summed E-state index contributed by atoms with van der Waals surface area (Å²) in [5, 5.41) is 3.68. The van der Waals surface area contributed by atoms with Gasteiger partial charge in [0, 0.05) is 19.6 Å². The predicted molar refractivity (Wildman–Crippen MR) is 79.8 cm³/mol. The molecule has 0 atom stereocenters. The van der Waals surface area contributed by atoms with E-state index >= 15 is 0 Å². The second-order valence-corrected chi connectivity index (χ2v) is 6.62. The summed E-state index contributed by atoms with van der Waals surface area (Å²) in [6.45, 7) is 13.7. The monoisotopic (exact) mass is 255 g/mol. The summed E-state index contributed by atoms with van der Waals surface area (Å²) in [5.74, 6) is 0.872. The van der Waals surface area contributed by atoms with Gasteiger partial charge in [0.2, 0.25) is 0 Å². The molecule has 0 radical (unpaired) electrons. The van der Waals surface area contributed by atoms with E-state index in [9.17, 15) is 0 Å². The van der Waals surface area contributed by atoms with Crippen LogP contribution >= 0.6 is 0 Å². The van der Waals surface area contributed by atoms with Crippen LogP contribution in [0.4, 0.5) is 0 Å². The molecule has 1 aliphatic rings. The first-order chi connectivity index (χ1) is 8.57. The molecule has 0 amide bonds. The van der Waals surface area contributed by atoms with Gasteiger partial charge in [-0.3, -0.25) is 0 Å². The molecule has 0 aromatic rings. The maximum atomic E-state index is 5.60. The molecule has 0 saturated carbocycles. The lowest BCUT2D eigenvalue weighted by Crippen LogP contribution is -2.40. The van der Waals surface area contributed by atoms with Gasteiger partial charge in [-0.1, -0.05) is 27.2 Å². The third kappa shape index (κ3) is 6.17. The number of likely N-dealkylation sites (tertiary alicyclic amines) is 1. The largest absolute Gasteiger partial charge is 0.329 e. The van der Waals surface area contributed by atoms with Gasteiger partial charge in [-0.05, 0) is 50.2 Å². The van der Waals surface area contributed by atoms with Crippen molar-refractivity contribution < 1.29 is 0 Å². The molecule has 0 bridgehead atoms. The standard InChI is InChI=1S/C15H33N3/c1-4-7-15(2,3)13-17-12-14-5-9-18(10-6-14)11-8-16/h14,17H,4-13,16H2,1-3H3. The summed E-state index contributed by atoms with van der Waals surface area (Å²) in [6.07, 6.45) is 5.27. The molecule has 0 spiro atoms. The summed E-state index contributed by atoms with van der Waals surface area (Å²) in [7, 11) is 0. The van der Waals surface area contributed by atoms with Crippen molar-refractivity contribution in [1.29, 1.82) is 0 Å². The van der Waals surface area contributed by atoms with Gasteiger partial charge in [-0.2, -0.15) is 0 Å². The molecule has 0 aliphatic carbocycles. The topological polar surface area (TPSA) is 41.3 Å². The number of nitrogens with one attached hydrogen (secondary N) is 1. The Hall–Kier alpha value is -0.120. The highest BCUT2D eigenvalue weighted by atomic mass is 15.1. The summed E-state index contributed by atoms with van der Waals surface area (Å²) in [4.78, 5) is 2.50. The Bertz CT molecular complexity index is 208. The fourth-order valence-electron chi connectivity index (χ4n) is 2.98. The maximum Gasteiger partial charge on any atom is 0.0105 e. The van der Waals surface area contributed by atoms with Crippen molar-refractivity contribution >= 4 is 0 Å². The molecule has 1 fully saturated rings. The molecule has 3 N–H and O–H groups in total. The van der Waals surface area contributed by atoms with Crippen LogP contribution in [0.25, 0.3) is 0 Å². The Morgan fingerprint density at radius 2 is 1.94 bits per heavy atom. The Morgan fingerprint density at radius 3 is 2.50 bits per heavy atom. The summed E-state index contributed by atoms with van der Waals surface area (Å²) >= 11 is 0. The maximum absolute atomic E-state index is 5.60. The van der Waals surface area contributed by atoms with Crippen LogP contribution < -0.4 is 11.1 Å². The zero-order chi connectivity index (χ0) is 13.4. The van der Waals surface area contributed by atoms with Crippen LogP contribution in [0.1, 0.15) is 46.5 Å². The molecular formula is C15H33N3. The minimum atomic E-state index is 0.453. The minimum absolute atomic E-state index is 0.453. The van der Waals surface area contributed by atoms with E-state index in [0.717, 1.165) is 25.6 Å². The van der Waals surface area contributed by atoms with E-state index in [4.69, 9.17) is 5.73 Å². The first-order valence-electron chi connectivity index (χ1n) is 7.70. The number of nitrogens with zero attached hydrogens (tertiary/aromatic N) is 1. The molecular weight excluding hydrogens is 222 g/mol. The minimum Gasteiger partial charge on any atom is -0.329 e. The molecule has 0 aromatic carbocycles. The Kier molecular flexibility index (Phi) is 7.20. The number of rotatable bonds is 8. The molecule has 0 unspecified atom stereocenters. The number of hydrogen-bond donors (Lipinski definition) is 2. The van der Waals surface area contributed by atoms with Gasteiger partial charge < -0.3 is 16.0 Å². The third-order valence-corrected chi connectivity index (χ3v) is 4.12. The molecule has 1 aliphatic heterocycles. The predicted octanol–water partition coefficient (Wildman–Crippen LogP) is 2.07. The van der Waals surface area contributed by atoms with Crippen molar-refractivity contribution in [3.63, 3.8) is 0 Å². The van der Waals surface area contributed by atoms with E-state index in [1.165, 1.54) is 45.3 Å². The zero-order valence-electron chi connectivity index (χ0n) is 12.7. The highest BCUT2D eigenvalue weighted by Crippen LogP contribution is 2.21. The van der Waals surface area contributed by atoms with E-state index in [1.54, 1.807) is 0 Å². The fraction of sp³-hybridized carbons (Fsp3) is 1.00. The molecule has 108 valence electrons. The van der Waals surface area contributed by atoms with Crippen LogP contribution in [-0.4, -0.2) is 44.2 Å². The van der Waals surface area contributed by atoms with Crippen LogP contribution in [0.5, 0.6) is 0 Å². The molecule has 1 rings (SSSR count).